The molecule has 0 spiro atoms. The Labute approximate surface area is 141 Å². The minimum Gasteiger partial charge on any atom is -0.508 e. The van der Waals surface area contributed by atoms with Gasteiger partial charge >= 0.3 is 0 Å². The van der Waals surface area contributed by atoms with Gasteiger partial charge < -0.3 is 14.6 Å². The summed E-state index contributed by atoms with van der Waals surface area (Å²) < 4.78 is 38.1. The molecule has 0 bridgehead atoms. The van der Waals surface area contributed by atoms with Crippen molar-refractivity contribution in [3.8, 4) is 17.2 Å². The topological polar surface area (TPSA) is 84.9 Å². The number of phenols is 1. The highest BCUT2D eigenvalue weighted by Gasteiger charge is 2.18. The Morgan fingerprint density at radius 2 is 1.71 bits per heavy atom. The molecular weight excluding hydrogens is 330 g/mol. The summed E-state index contributed by atoms with van der Waals surface area (Å²) in [6.45, 7) is 1.21. The minimum absolute atomic E-state index is 0.163. The van der Waals surface area contributed by atoms with Crippen LogP contribution in [0.1, 0.15) is 12.0 Å². The van der Waals surface area contributed by atoms with E-state index in [1.807, 2.05) is 12.1 Å². The summed E-state index contributed by atoms with van der Waals surface area (Å²) in [6, 6.07) is 11.5. The molecule has 2 aromatic carbocycles. The zero-order valence-electron chi connectivity index (χ0n) is 13.1. The summed E-state index contributed by atoms with van der Waals surface area (Å²) in [6.07, 6.45) is 1.39. The quantitative estimate of drug-likeness (QED) is 0.780. The van der Waals surface area contributed by atoms with Crippen LogP contribution in [0.25, 0.3) is 0 Å². The molecule has 6 nitrogen and oxygen atoms in total. The van der Waals surface area contributed by atoms with Crippen LogP contribution >= 0.6 is 0 Å². The molecule has 0 aromatic heterocycles. The van der Waals surface area contributed by atoms with Crippen LogP contribution in [0.3, 0.4) is 0 Å². The van der Waals surface area contributed by atoms with Gasteiger partial charge in [0.15, 0.2) is 11.5 Å². The number of aryl methyl sites for hydroxylation is 1. The lowest BCUT2D eigenvalue weighted by molar-refractivity contribution is 0.171. The standard InChI is InChI=1S/C17H19NO5S/c19-14-5-3-13(4-6-14)2-1-9-18-24(20,21)15-7-8-16-17(12-15)23-11-10-22-16/h3-8,12,18-19H,1-2,9-11H2. The highest BCUT2D eigenvalue weighted by molar-refractivity contribution is 7.89. The smallest absolute Gasteiger partial charge is 0.240 e. The molecule has 0 unspecified atom stereocenters. The fourth-order valence-corrected chi connectivity index (χ4v) is 3.52. The molecule has 128 valence electrons. The molecule has 0 atom stereocenters. The van der Waals surface area contributed by atoms with Crippen LogP contribution < -0.4 is 14.2 Å². The number of hydrogen-bond donors (Lipinski definition) is 2. The van der Waals surface area contributed by atoms with Crippen molar-refractivity contribution in [1.82, 2.24) is 4.72 Å². The fraction of sp³-hybridized carbons (Fsp3) is 0.294. The Bertz CT molecular complexity index is 802. The van der Waals surface area contributed by atoms with E-state index in [0.29, 0.717) is 37.7 Å². The largest absolute Gasteiger partial charge is 0.508 e. The van der Waals surface area contributed by atoms with Gasteiger partial charge in [-0.25, -0.2) is 13.1 Å². The summed E-state index contributed by atoms with van der Waals surface area (Å²) in [5.41, 5.74) is 1.05. The van der Waals surface area contributed by atoms with Crippen LogP contribution in [0, 0.1) is 0 Å². The normalized spacial score (nSPS) is 13.7. The Hall–Kier alpha value is -2.25. The average molecular weight is 349 g/mol. The molecule has 0 fully saturated rings. The predicted molar refractivity (Wildman–Crippen MR) is 89.0 cm³/mol. The van der Waals surface area contributed by atoms with Crippen molar-refractivity contribution >= 4 is 10.0 Å². The molecule has 0 amide bonds. The van der Waals surface area contributed by atoms with Gasteiger partial charge in [0.2, 0.25) is 10.0 Å². The number of benzene rings is 2. The van der Waals surface area contributed by atoms with Gasteiger partial charge in [0.1, 0.15) is 19.0 Å². The highest BCUT2D eigenvalue weighted by Crippen LogP contribution is 2.32. The molecular formula is C17H19NO5S. The van der Waals surface area contributed by atoms with Gasteiger partial charge in [0, 0.05) is 12.6 Å². The van der Waals surface area contributed by atoms with Gasteiger partial charge in [-0.05, 0) is 42.7 Å². The molecule has 1 aliphatic rings. The van der Waals surface area contributed by atoms with Gasteiger partial charge in [-0.15, -0.1) is 0 Å². The van der Waals surface area contributed by atoms with Gasteiger partial charge in [-0.2, -0.15) is 0 Å². The second-order valence-corrected chi connectivity index (χ2v) is 7.24. The lowest BCUT2D eigenvalue weighted by atomic mass is 10.1. The number of phenolic OH excluding ortho intramolecular Hbond substituents is 1. The first-order valence-corrected chi connectivity index (χ1v) is 9.20. The maximum atomic E-state index is 12.3. The molecule has 0 saturated heterocycles. The van der Waals surface area contributed by atoms with Crippen molar-refractivity contribution in [3.63, 3.8) is 0 Å². The van der Waals surface area contributed by atoms with E-state index in [1.54, 1.807) is 18.2 Å². The van der Waals surface area contributed by atoms with Gasteiger partial charge in [0.25, 0.3) is 0 Å². The van der Waals surface area contributed by atoms with Crippen LogP contribution in [-0.2, 0) is 16.4 Å². The number of ether oxygens (including phenoxy) is 2. The lowest BCUT2D eigenvalue weighted by Crippen LogP contribution is -2.25. The van der Waals surface area contributed by atoms with Crippen LogP contribution in [0.2, 0.25) is 0 Å². The van der Waals surface area contributed by atoms with E-state index in [2.05, 4.69) is 4.72 Å². The summed E-state index contributed by atoms with van der Waals surface area (Å²) >= 11 is 0. The molecule has 0 radical (unpaired) electrons. The summed E-state index contributed by atoms with van der Waals surface area (Å²) in [5.74, 6) is 1.24. The van der Waals surface area contributed by atoms with E-state index >= 15 is 0 Å². The summed E-state index contributed by atoms with van der Waals surface area (Å²) in [4.78, 5) is 0.163. The average Bonchev–Trinajstić information content (AvgIpc) is 2.60. The third kappa shape index (κ3) is 3.98. The molecule has 24 heavy (non-hydrogen) atoms. The first-order chi connectivity index (χ1) is 11.5. The molecule has 3 rings (SSSR count). The summed E-state index contributed by atoms with van der Waals surface area (Å²) in [7, 11) is -3.58. The van der Waals surface area contributed by atoms with Crippen LogP contribution in [0.4, 0.5) is 0 Å². The van der Waals surface area contributed by atoms with Crippen molar-refractivity contribution in [2.75, 3.05) is 19.8 Å². The van der Waals surface area contributed by atoms with E-state index in [9.17, 15) is 13.5 Å². The maximum absolute atomic E-state index is 12.3. The third-order valence-electron chi connectivity index (χ3n) is 3.69. The fourth-order valence-electron chi connectivity index (χ4n) is 2.44. The Kier molecular flexibility index (Phi) is 4.92. The maximum Gasteiger partial charge on any atom is 0.240 e. The van der Waals surface area contributed by atoms with Crippen LogP contribution in [0.5, 0.6) is 17.2 Å². The Morgan fingerprint density at radius 1 is 1.00 bits per heavy atom. The summed E-state index contributed by atoms with van der Waals surface area (Å²) in [5, 5.41) is 9.23. The number of sulfonamides is 1. The van der Waals surface area contributed by atoms with Crippen LogP contribution in [0.15, 0.2) is 47.4 Å². The lowest BCUT2D eigenvalue weighted by Gasteiger charge is -2.18. The van der Waals surface area contributed by atoms with Gasteiger partial charge in [-0.1, -0.05) is 12.1 Å². The van der Waals surface area contributed by atoms with E-state index < -0.39 is 10.0 Å². The molecule has 0 aliphatic carbocycles. The van der Waals surface area contributed by atoms with Crippen LogP contribution in [-0.4, -0.2) is 33.3 Å². The number of aromatic hydroxyl groups is 1. The predicted octanol–water partition coefficient (Wildman–Crippen LogP) is 2.07. The number of nitrogens with one attached hydrogen (secondary N) is 1. The first kappa shape index (κ1) is 16.6. The van der Waals surface area contributed by atoms with Gasteiger partial charge in [-0.3, -0.25) is 0 Å². The van der Waals surface area contributed by atoms with Gasteiger partial charge in [0.05, 0.1) is 4.90 Å². The second-order valence-electron chi connectivity index (χ2n) is 5.47. The number of hydrogen-bond acceptors (Lipinski definition) is 5. The van der Waals surface area contributed by atoms with Crippen molar-refractivity contribution in [1.29, 1.82) is 0 Å². The number of rotatable bonds is 6. The molecule has 0 saturated carbocycles. The van der Waals surface area contributed by atoms with E-state index in [1.165, 1.54) is 12.1 Å². The van der Waals surface area contributed by atoms with Crippen molar-refractivity contribution in [2.45, 2.75) is 17.7 Å². The van der Waals surface area contributed by atoms with Crippen molar-refractivity contribution < 1.29 is 23.0 Å². The van der Waals surface area contributed by atoms with E-state index in [0.717, 1.165) is 12.0 Å². The first-order valence-electron chi connectivity index (χ1n) is 7.72. The zero-order chi connectivity index (χ0) is 17.0. The third-order valence-corrected chi connectivity index (χ3v) is 5.15. The minimum atomic E-state index is -3.58. The molecule has 1 heterocycles. The SMILES string of the molecule is O=S(=O)(NCCCc1ccc(O)cc1)c1ccc2c(c1)OCCO2. The monoisotopic (exact) mass is 349 g/mol. The highest BCUT2D eigenvalue weighted by atomic mass is 32.2. The zero-order valence-corrected chi connectivity index (χ0v) is 13.9. The number of fused-ring (bicyclic) bond motifs is 1. The molecule has 7 heteroatoms. The van der Waals surface area contributed by atoms with E-state index in [-0.39, 0.29) is 10.6 Å². The van der Waals surface area contributed by atoms with Crippen molar-refractivity contribution in [3.05, 3.63) is 48.0 Å². The molecule has 2 N–H and O–H groups in total. The second kappa shape index (κ2) is 7.11. The van der Waals surface area contributed by atoms with E-state index in [4.69, 9.17) is 9.47 Å². The molecule has 2 aromatic rings. The Balaban J connectivity index is 1.57. The van der Waals surface area contributed by atoms with Crippen molar-refractivity contribution in [2.24, 2.45) is 0 Å². The Morgan fingerprint density at radius 3 is 2.46 bits per heavy atom. The molecule has 1 aliphatic heterocycles.